The van der Waals surface area contributed by atoms with Crippen LogP contribution in [0.3, 0.4) is 0 Å². The number of amidine groups is 1. The van der Waals surface area contributed by atoms with Crippen molar-refractivity contribution in [2.75, 3.05) is 18.1 Å². The molecule has 0 spiro atoms. The lowest BCUT2D eigenvalue weighted by molar-refractivity contribution is -0.141. The minimum Gasteiger partial charge on any atom is -0.347 e. The summed E-state index contributed by atoms with van der Waals surface area (Å²) in [6.07, 6.45) is -2.62. The lowest BCUT2D eigenvalue weighted by Crippen LogP contribution is -2.50. The number of alkyl halides is 6. The maximum absolute atomic E-state index is 14.7. The molecule has 3 aromatic heterocycles. The number of fused-ring (bicyclic) bond motifs is 1. The van der Waals surface area contributed by atoms with Gasteiger partial charge in [0, 0.05) is 18.9 Å². The molecule has 0 aromatic carbocycles. The van der Waals surface area contributed by atoms with Crippen molar-refractivity contribution in [1.82, 2.24) is 24.0 Å². The number of hydrogen-bond donors (Lipinski definition) is 1. The van der Waals surface area contributed by atoms with Crippen LogP contribution in [0.1, 0.15) is 28.7 Å². The summed E-state index contributed by atoms with van der Waals surface area (Å²) < 4.78 is 118. The molecule has 3 aromatic rings. The second kappa shape index (κ2) is 9.41. The van der Waals surface area contributed by atoms with Crippen LogP contribution in [0, 0.1) is 5.82 Å². The molecule has 0 atom stereocenters. The van der Waals surface area contributed by atoms with E-state index in [0.29, 0.717) is 0 Å². The Morgan fingerprint density at radius 3 is 2.45 bits per heavy atom. The molecule has 0 radical (unpaired) electrons. The van der Waals surface area contributed by atoms with Crippen molar-refractivity contribution in [1.29, 1.82) is 0 Å². The summed E-state index contributed by atoms with van der Waals surface area (Å²) in [6.45, 7) is -0.578. The Balaban J connectivity index is 1.51. The number of amides is 1. The largest absolute Gasteiger partial charge is 0.516 e. The quantitative estimate of drug-likeness (QED) is 0.475. The average molecular weight is 567 g/mol. The summed E-state index contributed by atoms with van der Waals surface area (Å²) in [5.41, 5.74) is -7.79. The number of sulfonamides is 1. The van der Waals surface area contributed by atoms with Crippen molar-refractivity contribution in [3.8, 4) is 0 Å². The van der Waals surface area contributed by atoms with E-state index in [0.717, 1.165) is 28.6 Å². The van der Waals surface area contributed by atoms with Crippen LogP contribution < -0.4 is 10.3 Å². The molecule has 0 bridgehead atoms. The molecule has 4 heterocycles. The van der Waals surface area contributed by atoms with E-state index in [9.17, 15) is 43.9 Å². The Bertz CT molecular complexity index is 1530. The number of anilines is 1. The fourth-order valence-corrected chi connectivity index (χ4v) is 4.58. The first-order valence-electron chi connectivity index (χ1n) is 10.5. The number of imidazole rings is 1. The van der Waals surface area contributed by atoms with E-state index in [1.165, 1.54) is 24.4 Å². The van der Waals surface area contributed by atoms with Gasteiger partial charge in [0.15, 0.2) is 17.3 Å². The number of nitrogens with zero attached hydrogens (tertiary/aromatic N) is 6. The number of pyridine rings is 2. The van der Waals surface area contributed by atoms with Crippen molar-refractivity contribution in [3.05, 3.63) is 59.4 Å². The fourth-order valence-electron chi connectivity index (χ4n) is 3.63. The molecule has 0 saturated carbocycles. The molecule has 0 unspecified atom stereocenters. The van der Waals surface area contributed by atoms with E-state index in [4.69, 9.17) is 0 Å². The fraction of sp³-hybridized carbons (Fsp3) is 0.300. The third-order valence-corrected chi connectivity index (χ3v) is 6.93. The lowest BCUT2D eigenvalue weighted by atomic mass is 10.2. The van der Waals surface area contributed by atoms with Gasteiger partial charge in [-0.1, -0.05) is 6.07 Å². The minimum atomic E-state index is -5.69. The third-order valence-electron chi connectivity index (χ3n) is 5.31. The first-order valence-corrected chi connectivity index (χ1v) is 11.9. The molecule has 10 nitrogen and oxygen atoms in total. The van der Waals surface area contributed by atoms with Crippen LogP contribution in [-0.4, -0.2) is 57.4 Å². The highest BCUT2D eigenvalue weighted by Gasteiger charge is 2.51. The second-order valence-corrected chi connectivity index (χ2v) is 9.71. The van der Waals surface area contributed by atoms with Crippen molar-refractivity contribution >= 4 is 33.2 Å². The van der Waals surface area contributed by atoms with Gasteiger partial charge in [0.2, 0.25) is 0 Å². The van der Waals surface area contributed by atoms with Gasteiger partial charge in [-0.2, -0.15) is 39.9 Å². The summed E-state index contributed by atoms with van der Waals surface area (Å²) >= 11 is 0. The zero-order valence-corrected chi connectivity index (χ0v) is 19.9. The number of aromatic nitrogens is 3. The van der Waals surface area contributed by atoms with Gasteiger partial charge in [0.25, 0.3) is 5.91 Å². The van der Waals surface area contributed by atoms with E-state index in [1.54, 1.807) is 0 Å². The Morgan fingerprint density at radius 2 is 1.84 bits per heavy atom. The first kappa shape index (κ1) is 27.1. The molecule has 1 amide bonds. The number of hydrazone groups is 1. The van der Waals surface area contributed by atoms with E-state index in [-0.39, 0.29) is 15.5 Å². The van der Waals surface area contributed by atoms with Gasteiger partial charge in [-0.25, -0.2) is 23.7 Å². The highest BCUT2D eigenvalue weighted by molar-refractivity contribution is 7.90. The van der Waals surface area contributed by atoms with Crippen LogP contribution in [-0.2, 0) is 22.7 Å². The number of carbonyl (C=O) groups excluding carboxylic acids is 1. The van der Waals surface area contributed by atoms with Crippen LogP contribution >= 0.6 is 0 Å². The predicted octanol–water partition coefficient (Wildman–Crippen LogP) is 3.12. The van der Waals surface area contributed by atoms with E-state index in [2.05, 4.69) is 20.4 Å². The highest BCUT2D eigenvalue weighted by Crippen LogP contribution is 2.32. The summed E-state index contributed by atoms with van der Waals surface area (Å²) in [6, 6.07) is 5.03. The Hall–Kier alpha value is -3.96. The van der Waals surface area contributed by atoms with E-state index >= 15 is 0 Å². The molecule has 0 saturated heterocycles. The maximum Gasteiger partial charge on any atom is 0.516 e. The number of carbonyl (C=O) groups is 1. The molecule has 0 fully saturated rings. The summed E-state index contributed by atoms with van der Waals surface area (Å²) in [5, 5.41) is 6.79. The Kier molecular flexibility index (Phi) is 6.71. The van der Waals surface area contributed by atoms with Crippen molar-refractivity contribution < 1.29 is 43.9 Å². The number of rotatable bonds is 5. The van der Waals surface area contributed by atoms with Crippen molar-refractivity contribution in [2.24, 2.45) is 5.10 Å². The summed E-state index contributed by atoms with van der Waals surface area (Å²) in [7, 11) is -5.69. The van der Waals surface area contributed by atoms with Gasteiger partial charge in [-0.15, -0.1) is 0 Å². The molecule has 38 heavy (non-hydrogen) atoms. The van der Waals surface area contributed by atoms with Crippen LogP contribution in [0.5, 0.6) is 0 Å². The van der Waals surface area contributed by atoms with Gasteiger partial charge in [0.1, 0.15) is 17.2 Å². The van der Waals surface area contributed by atoms with Crippen LogP contribution in [0.2, 0.25) is 0 Å². The molecule has 0 aliphatic carbocycles. The summed E-state index contributed by atoms with van der Waals surface area (Å²) in [4.78, 5) is 19.9. The second-order valence-electron chi connectivity index (χ2n) is 7.86. The topological polar surface area (TPSA) is 112 Å². The molecule has 4 rings (SSSR count). The standard InChI is InChI=1S/C20H16F7N7O3S/c1-11-31-33(6-7-34(11)38(36,37)20(25,26)27)17-13(21)8-12(9-28-17)10-29-18(35)15-16(19(22,23)24)30-14-4-2-3-5-32(14)15/h2-5,8-9H,6-7,10H2,1H3,(H,29,35). The predicted molar refractivity (Wildman–Crippen MR) is 118 cm³/mol. The molecule has 204 valence electrons. The molecular weight excluding hydrogens is 551 g/mol. The van der Waals surface area contributed by atoms with Gasteiger partial charge in [-0.05, 0) is 30.7 Å². The van der Waals surface area contributed by atoms with E-state index in [1.807, 2.05) is 0 Å². The first-order chi connectivity index (χ1) is 17.6. The monoisotopic (exact) mass is 567 g/mol. The lowest BCUT2D eigenvalue weighted by Gasteiger charge is -2.32. The number of halogens is 7. The van der Waals surface area contributed by atoms with Crippen molar-refractivity contribution in [3.63, 3.8) is 0 Å². The zero-order chi connectivity index (χ0) is 28.0. The molecular formula is C20H16F7N7O3S. The molecule has 1 N–H and O–H groups in total. The minimum absolute atomic E-state index is 0.0423. The SMILES string of the molecule is CC1=NN(c2ncc(CNC(=O)c3c(C(F)(F)F)nc4ccccn34)cc2F)CCN1S(=O)(=O)C(F)(F)F. The zero-order valence-electron chi connectivity index (χ0n) is 19.0. The summed E-state index contributed by atoms with van der Waals surface area (Å²) in [5.74, 6) is -3.17. The maximum atomic E-state index is 14.7. The van der Waals surface area contributed by atoms with Crippen LogP contribution in [0.25, 0.3) is 5.65 Å². The van der Waals surface area contributed by atoms with Gasteiger partial charge >= 0.3 is 21.7 Å². The Labute approximate surface area is 209 Å². The third kappa shape index (κ3) is 4.94. The molecule has 18 heteroatoms. The smallest absolute Gasteiger partial charge is 0.347 e. The van der Waals surface area contributed by atoms with Gasteiger partial charge < -0.3 is 5.32 Å². The normalized spacial score (nSPS) is 15.1. The number of hydrogen-bond acceptors (Lipinski definition) is 7. The average Bonchev–Trinajstić information content (AvgIpc) is 3.22. The van der Waals surface area contributed by atoms with Crippen LogP contribution in [0.4, 0.5) is 36.6 Å². The van der Waals surface area contributed by atoms with Crippen LogP contribution in [0.15, 0.2) is 41.8 Å². The Morgan fingerprint density at radius 1 is 1.13 bits per heavy atom. The molecule has 1 aliphatic heterocycles. The highest BCUT2D eigenvalue weighted by atomic mass is 32.2. The van der Waals surface area contributed by atoms with E-state index < -0.39 is 76.1 Å². The van der Waals surface area contributed by atoms with Gasteiger partial charge in [0.05, 0.1) is 13.1 Å². The molecule has 1 aliphatic rings. The van der Waals surface area contributed by atoms with Gasteiger partial charge in [-0.3, -0.25) is 9.20 Å². The van der Waals surface area contributed by atoms with Crippen molar-refractivity contribution in [2.45, 2.75) is 25.2 Å². The number of nitrogens with one attached hydrogen (secondary N) is 1.